The van der Waals surface area contributed by atoms with Crippen molar-refractivity contribution in [2.75, 3.05) is 6.54 Å². The molecule has 78 valence electrons. The van der Waals surface area contributed by atoms with Crippen LogP contribution in [0.4, 0.5) is 0 Å². The molecule has 0 aliphatic heterocycles. The highest BCUT2D eigenvalue weighted by Crippen LogP contribution is 2.35. The average molecular weight is 229 g/mol. The van der Waals surface area contributed by atoms with Crippen molar-refractivity contribution >= 4 is 23.3 Å². The van der Waals surface area contributed by atoms with Crippen LogP contribution in [-0.4, -0.2) is 27.2 Å². The first-order chi connectivity index (χ1) is 6.88. The van der Waals surface area contributed by atoms with Crippen molar-refractivity contribution in [1.82, 2.24) is 14.7 Å². The zero-order chi connectivity index (χ0) is 9.80. The Morgan fingerprint density at radius 3 is 3.29 bits per heavy atom. The molecule has 2 unspecified atom stereocenters. The monoisotopic (exact) mass is 229 g/mol. The summed E-state index contributed by atoms with van der Waals surface area (Å²) < 4.78 is 5.13. The molecule has 1 aliphatic carbocycles. The Morgan fingerprint density at radius 1 is 1.64 bits per heavy atom. The molecule has 0 spiro atoms. The maximum absolute atomic E-state index is 4.20. The zero-order valence-corrected chi connectivity index (χ0v) is 9.90. The second-order valence-corrected chi connectivity index (χ2v) is 5.84. The van der Waals surface area contributed by atoms with Gasteiger partial charge < -0.3 is 5.32 Å². The quantitative estimate of drug-likeness (QED) is 0.858. The van der Waals surface area contributed by atoms with Crippen molar-refractivity contribution in [3.05, 3.63) is 6.33 Å². The van der Waals surface area contributed by atoms with Crippen molar-refractivity contribution in [3.8, 4) is 0 Å². The molecule has 14 heavy (non-hydrogen) atoms. The van der Waals surface area contributed by atoms with E-state index in [1.54, 1.807) is 6.33 Å². The fraction of sp³-hybridized carbons (Fsp3) is 0.778. The van der Waals surface area contributed by atoms with Crippen LogP contribution in [0, 0.1) is 0 Å². The Hall–Kier alpha value is -0.130. The highest BCUT2D eigenvalue weighted by molar-refractivity contribution is 8.01. The number of nitrogens with zero attached hydrogens (tertiary/aromatic N) is 2. The Kier molecular flexibility index (Phi) is 3.78. The van der Waals surface area contributed by atoms with Gasteiger partial charge in [-0.05, 0) is 37.3 Å². The molecular weight excluding hydrogens is 214 g/mol. The summed E-state index contributed by atoms with van der Waals surface area (Å²) in [6.45, 7) is 3.26. The van der Waals surface area contributed by atoms with Gasteiger partial charge in [0.05, 0.1) is 0 Å². The molecule has 0 bridgehead atoms. The van der Waals surface area contributed by atoms with Crippen LogP contribution in [0.2, 0.25) is 0 Å². The van der Waals surface area contributed by atoms with Crippen molar-refractivity contribution in [1.29, 1.82) is 0 Å². The summed E-state index contributed by atoms with van der Waals surface area (Å²) in [5, 5.41) is 4.25. The van der Waals surface area contributed by atoms with Crippen LogP contribution < -0.4 is 5.32 Å². The van der Waals surface area contributed by atoms with E-state index in [4.69, 9.17) is 0 Å². The second kappa shape index (κ2) is 5.09. The third-order valence-corrected chi connectivity index (χ3v) is 4.53. The van der Waals surface area contributed by atoms with Crippen molar-refractivity contribution in [2.45, 2.75) is 41.8 Å². The maximum atomic E-state index is 4.20. The van der Waals surface area contributed by atoms with Crippen LogP contribution >= 0.6 is 23.3 Å². The van der Waals surface area contributed by atoms with Crippen molar-refractivity contribution in [2.24, 2.45) is 0 Å². The van der Waals surface area contributed by atoms with E-state index < -0.39 is 0 Å². The predicted octanol–water partition coefficient (Wildman–Crippen LogP) is 2.16. The van der Waals surface area contributed by atoms with Crippen LogP contribution in [0.5, 0.6) is 0 Å². The third kappa shape index (κ3) is 2.68. The van der Waals surface area contributed by atoms with Gasteiger partial charge in [0.2, 0.25) is 0 Å². The van der Waals surface area contributed by atoms with Gasteiger partial charge in [0.1, 0.15) is 6.33 Å². The van der Waals surface area contributed by atoms with Crippen LogP contribution in [-0.2, 0) is 0 Å². The zero-order valence-electron chi connectivity index (χ0n) is 8.27. The molecule has 0 saturated heterocycles. The predicted molar refractivity (Wildman–Crippen MR) is 60.9 cm³/mol. The lowest BCUT2D eigenvalue weighted by Crippen LogP contribution is -2.25. The first-order valence-electron chi connectivity index (χ1n) is 5.05. The summed E-state index contributed by atoms with van der Waals surface area (Å²) >= 11 is 3.40. The minimum atomic E-state index is 0.727. The number of hydrogen-bond acceptors (Lipinski definition) is 5. The standard InChI is InChI=1S/C9H15N3S2/c1-2-10-7-3-4-8(5-7)13-9-11-6-12-14-9/h6-8,10H,2-5H2,1H3. The molecule has 2 atom stereocenters. The van der Waals surface area contributed by atoms with Gasteiger partial charge in [0.15, 0.2) is 4.34 Å². The molecular formula is C9H15N3S2. The smallest absolute Gasteiger partial charge is 0.170 e. The minimum Gasteiger partial charge on any atom is -0.314 e. The van der Waals surface area contributed by atoms with Gasteiger partial charge in [-0.2, -0.15) is 4.37 Å². The van der Waals surface area contributed by atoms with Gasteiger partial charge in [0.25, 0.3) is 0 Å². The summed E-state index contributed by atoms with van der Waals surface area (Å²) in [6.07, 6.45) is 5.54. The first-order valence-corrected chi connectivity index (χ1v) is 6.70. The number of aromatic nitrogens is 2. The lowest BCUT2D eigenvalue weighted by Gasteiger charge is -2.10. The van der Waals surface area contributed by atoms with E-state index >= 15 is 0 Å². The summed E-state index contributed by atoms with van der Waals surface area (Å²) in [4.78, 5) is 4.20. The van der Waals surface area contributed by atoms with E-state index in [0.717, 1.165) is 22.2 Å². The molecule has 1 heterocycles. The number of nitrogens with one attached hydrogen (secondary N) is 1. The fourth-order valence-electron chi connectivity index (χ4n) is 1.88. The number of rotatable bonds is 4. The Morgan fingerprint density at radius 2 is 2.57 bits per heavy atom. The maximum Gasteiger partial charge on any atom is 0.170 e. The first kappa shape index (κ1) is 10.4. The van der Waals surface area contributed by atoms with Crippen molar-refractivity contribution < 1.29 is 0 Å². The van der Waals surface area contributed by atoms with E-state index in [1.807, 2.05) is 11.8 Å². The van der Waals surface area contributed by atoms with Gasteiger partial charge in [-0.25, -0.2) is 4.98 Å². The molecule has 1 N–H and O–H groups in total. The van der Waals surface area contributed by atoms with Gasteiger partial charge in [-0.1, -0.05) is 18.7 Å². The number of thioether (sulfide) groups is 1. The lowest BCUT2D eigenvalue weighted by molar-refractivity contribution is 0.543. The van der Waals surface area contributed by atoms with Gasteiger partial charge >= 0.3 is 0 Å². The van der Waals surface area contributed by atoms with Crippen LogP contribution in [0.25, 0.3) is 0 Å². The number of hydrogen-bond donors (Lipinski definition) is 1. The molecule has 0 aromatic carbocycles. The Labute approximate surface area is 92.9 Å². The Bertz CT molecular complexity index is 263. The molecule has 1 aromatic heterocycles. The highest BCUT2D eigenvalue weighted by Gasteiger charge is 2.25. The summed E-state index contributed by atoms with van der Waals surface area (Å²) in [7, 11) is 0. The Balaban J connectivity index is 1.79. The largest absolute Gasteiger partial charge is 0.314 e. The van der Waals surface area contributed by atoms with E-state index in [2.05, 4.69) is 21.6 Å². The lowest BCUT2D eigenvalue weighted by atomic mass is 10.2. The van der Waals surface area contributed by atoms with Crippen LogP contribution in [0.3, 0.4) is 0 Å². The molecule has 1 saturated carbocycles. The minimum absolute atomic E-state index is 0.727. The highest BCUT2D eigenvalue weighted by atomic mass is 32.2. The second-order valence-electron chi connectivity index (χ2n) is 3.51. The van der Waals surface area contributed by atoms with Crippen LogP contribution in [0.15, 0.2) is 10.7 Å². The molecule has 3 nitrogen and oxygen atoms in total. The van der Waals surface area contributed by atoms with Crippen LogP contribution in [0.1, 0.15) is 26.2 Å². The van der Waals surface area contributed by atoms with E-state index in [9.17, 15) is 0 Å². The topological polar surface area (TPSA) is 37.8 Å². The summed E-state index contributed by atoms with van der Waals surface area (Å²) in [6, 6.07) is 0.727. The van der Waals surface area contributed by atoms with E-state index in [1.165, 1.54) is 30.8 Å². The van der Waals surface area contributed by atoms with Gasteiger partial charge in [-0.3, -0.25) is 0 Å². The molecule has 1 aliphatic rings. The molecule has 1 aromatic rings. The molecule has 5 heteroatoms. The SMILES string of the molecule is CCNC1CCC(Sc2ncns2)C1. The summed E-state index contributed by atoms with van der Waals surface area (Å²) in [5.74, 6) is 0. The van der Waals surface area contributed by atoms with Crippen molar-refractivity contribution in [3.63, 3.8) is 0 Å². The van der Waals surface area contributed by atoms with E-state index in [0.29, 0.717) is 0 Å². The normalized spacial score (nSPS) is 26.9. The average Bonchev–Trinajstić information content (AvgIpc) is 2.79. The third-order valence-electron chi connectivity index (χ3n) is 2.49. The van der Waals surface area contributed by atoms with Gasteiger partial charge in [0, 0.05) is 11.3 Å². The molecule has 0 amide bonds. The molecule has 0 radical (unpaired) electrons. The molecule has 1 fully saturated rings. The fourth-order valence-corrected chi connectivity index (χ4v) is 3.84. The van der Waals surface area contributed by atoms with E-state index in [-0.39, 0.29) is 0 Å². The van der Waals surface area contributed by atoms with Gasteiger partial charge in [-0.15, -0.1) is 0 Å². The molecule has 2 rings (SSSR count). The summed E-state index contributed by atoms with van der Waals surface area (Å²) in [5.41, 5.74) is 0.